The van der Waals surface area contributed by atoms with Crippen LogP contribution in [0.25, 0.3) is 10.9 Å². The number of nitrogens with zero attached hydrogens (tertiary/aromatic N) is 1. The van der Waals surface area contributed by atoms with Gasteiger partial charge in [-0.05, 0) is 30.2 Å². The summed E-state index contributed by atoms with van der Waals surface area (Å²) in [5, 5.41) is 10.8. The van der Waals surface area contributed by atoms with Crippen molar-refractivity contribution in [2.24, 2.45) is 0 Å². The number of benzene rings is 3. The number of fused-ring (bicyclic) bond motifs is 1. The third-order valence-corrected chi connectivity index (χ3v) is 5.67. The zero-order valence-corrected chi connectivity index (χ0v) is 19.0. The number of halogens is 3. The van der Waals surface area contributed by atoms with Crippen molar-refractivity contribution in [3.63, 3.8) is 0 Å². The lowest BCUT2D eigenvalue weighted by molar-refractivity contribution is -0.267. The van der Waals surface area contributed by atoms with Crippen LogP contribution in [0.3, 0.4) is 0 Å². The Labute approximate surface area is 200 Å². The minimum absolute atomic E-state index is 0.0703. The molecule has 1 N–H and O–H groups in total. The highest BCUT2D eigenvalue weighted by atomic mass is 19.4. The molecule has 0 aliphatic rings. The summed E-state index contributed by atoms with van der Waals surface area (Å²) in [6, 6.07) is 23.1. The van der Waals surface area contributed by atoms with Crippen molar-refractivity contribution in [3.8, 4) is 5.75 Å². The summed E-state index contributed by atoms with van der Waals surface area (Å²) in [5.74, 6) is -1.33. The van der Waals surface area contributed by atoms with Gasteiger partial charge in [0, 0.05) is 29.8 Å². The molecule has 3 aromatic carbocycles. The van der Waals surface area contributed by atoms with Crippen molar-refractivity contribution in [2.75, 3.05) is 6.61 Å². The van der Waals surface area contributed by atoms with E-state index in [1.165, 1.54) is 19.1 Å². The molecular formula is C27H24F3NO4. The van der Waals surface area contributed by atoms with Gasteiger partial charge in [-0.1, -0.05) is 60.7 Å². The molecule has 0 amide bonds. The fourth-order valence-corrected chi connectivity index (χ4v) is 3.92. The predicted molar refractivity (Wildman–Crippen MR) is 125 cm³/mol. The molecule has 35 heavy (non-hydrogen) atoms. The molecule has 0 fully saturated rings. The zero-order chi connectivity index (χ0) is 25.1. The van der Waals surface area contributed by atoms with Gasteiger partial charge in [-0.3, -0.25) is 0 Å². The van der Waals surface area contributed by atoms with Crippen LogP contribution < -0.4 is 4.74 Å². The Balaban J connectivity index is 1.82. The highest BCUT2D eigenvalue weighted by molar-refractivity contribution is 5.93. The molecule has 8 heteroatoms. The van der Waals surface area contributed by atoms with Crippen LogP contribution in [-0.2, 0) is 28.3 Å². The third kappa shape index (κ3) is 4.88. The summed E-state index contributed by atoms with van der Waals surface area (Å²) < 4.78 is 54.4. The van der Waals surface area contributed by atoms with Crippen LogP contribution in [0.4, 0.5) is 13.2 Å². The van der Waals surface area contributed by atoms with Crippen molar-refractivity contribution >= 4 is 16.9 Å². The third-order valence-electron chi connectivity index (χ3n) is 5.67. The van der Waals surface area contributed by atoms with E-state index in [0.29, 0.717) is 11.3 Å². The molecule has 1 atom stereocenters. The normalized spacial score (nSPS) is 13.4. The Morgan fingerprint density at radius 3 is 2.17 bits per heavy atom. The molecule has 1 unspecified atom stereocenters. The Morgan fingerprint density at radius 1 is 0.943 bits per heavy atom. The second kappa shape index (κ2) is 9.84. The summed E-state index contributed by atoms with van der Waals surface area (Å²) in [6.07, 6.45) is -4.14. The summed E-state index contributed by atoms with van der Waals surface area (Å²) in [4.78, 5) is 12.4. The standard InChI is InChI=1S/C27H24F3NO4/c1-2-34-25(32)26(33,27(28,29)30)23-17-31(16-19-9-5-3-6-10-19)24-15-21(13-14-22(23)24)35-18-20-11-7-4-8-12-20/h3-15,17,33H,2,16,18H2,1H3. The minimum Gasteiger partial charge on any atom is -0.489 e. The maximum Gasteiger partial charge on any atom is 0.432 e. The maximum absolute atomic E-state index is 14.1. The average Bonchev–Trinajstić information content (AvgIpc) is 3.20. The lowest BCUT2D eigenvalue weighted by Crippen LogP contribution is -2.50. The van der Waals surface area contributed by atoms with E-state index in [0.717, 1.165) is 17.3 Å². The SMILES string of the molecule is CCOC(=O)C(O)(c1cn(Cc2ccccc2)c2cc(OCc3ccccc3)ccc12)C(F)(F)F. The molecule has 4 rings (SSSR count). The first-order chi connectivity index (χ1) is 16.7. The molecule has 0 aliphatic carbocycles. The van der Waals surface area contributed by atoms with E-state index < -0.39 is 23.3 Å². The highest BCUT2D eigenvalue weighted by Crippen LogP contribution is 2.44. The van der Waals surface area contributed by atoms with Gasteiger partial charge < -0.3 is 19.1 Å². The largest absolute Gasteiger partial charge is 0.489 e. The van der Waals surface area contributed by atoms with Crippen LogP contribution in [-0.4, -0.2) is 28.4 Å². The monoisotopic (exact) mass is 483 g/mol. The molecule has 0 saturated heterocycles. The molecule has 0 bridgehead atoms. The quantitative estimate of drug-likeness (QED) is 0.333. The number of hydrogen-bond acceptors (Lipinski definition) is 4. The summed E-state index contributed by atoms with van der Waals surface area (Å²) in [6.45, 7) is 1.56. The summed E-state index contributed by atoms with van der Waals surface area (Å²) >= 11 is 0. The number of ether oxygens (including phenoxy) is 2. The van der Waals surface area contributed by atoms with E-state index in [2.05, 4.69) is 4.74 Å². The molecule has 182 valence electrons. The first-order valence-electron chi connectivity index (χ1n) is 11.0. The summed E-state index contributed by atoms with van der Waals surface area (Å²) in [5.41, 5.74) is -2.28. The number of alkyl halides is 3. The number of aromatic nitrogens is 1. The molecule has 4 aromatic rings. The van der Waals surface area contributed by atoms with Gasteiger partial charge in [0.1, 0.15) is 12.4 Å². The molecular weight excluding hydrogens is 459 g/mol. The molecule has 1 heterocycles. The van der Waals surface area contributed by atoms with E-state index in [9.17, 15) is 23.1 Å². The topological polar surface area (TPSA) is 60.7 Å². The van der Waals surface area contributed by atoms with Crippen molar-refractivity contribution in [3.05, 3.63) is 102 Å². The predicted octanol–water partition coefficient (Wildman–Crippen LogP) is 5.58. The lowest BCUT2D eigenvalue weighted by Gasteiger charge is -2.27. The van der Waals surface area contributed by atoms with E-state index in [1.807, 2.05) is 60.7 Å². The van der Waals surface area contributed by atoms with Crippen LogP contribution in [0.1, 0.15) is 23.6 Å². The van der Waals surface area contributed by atoms with Crippen LogP contribution in [0.5, 0.6) is 5.75 Å². The van der Waals surface area contributed by atoms with Gasteiger partial charge in [-0.25, -0.2) is 4.79 Å². The van der Waals surface area contributed by atoms with Crippen LogP contribution >= 0.6 is 0 Å². The highest BCUT2D eigenvalue weighted by Gasteiger charge is 2.63. The number of hydrogen-bond donors (Lipinski definition) is 1. The van der Waals surface area contributed by atoms with Crippen molar-refractivity contribution in [1.82, 2.24) is 4.57 Å². The number of carbonyl (C=O) groups excluding carboxylic acids is 1. The average molecular weight is 483 g/mol. The number of aliphatic hydroxyl groups is 1. The maximum atomic E-state index is 14.1. The molecule has 0 radical (unpaired) electrons. The molecule has 0 saturated carbocycles. The molecule has 0 aliphatic heterocycles. The van der Waals surface area contributed by atoms with Gasteiger partial charge in [0.05, 0.1) is 12.1 Å². The van der Waals surface area contributed by atoms with E-state index >= 15 is 0 Å². The van der Waals surface area contributed by atoms with E-state index in [-0.39, 0.29) is 25.1 Å². The fourth-order valence-electron chi connectivity index (χ4n) is 3.92. The van der Waals surface area contributed by atoms with Gasteiger partial charge in [-0.15, -0.1) is 0 Å². The van der Waals surface area contributed by atoms with Gasteiger partial charge >= 0.3 is 12.1 Å². The van der Waals surface area contributed by atoms with Gasteiger partial charge in [0.15, 0.2) is 0 Å². The Morgan fingerprint density at radius 2 is 1.57 bits per heavy atom. The summed E-state index contributed by atoms with van der Waals surface area (Å²) in [7, 11) is 0. The van der Waals surface area contributed by atoms with Gasteiger partial charge in [0.2, 0.25) is 0 Å². The number of esters is 1. The smallest absolute Gasteiger partial charge is 0.432 e. The van der Waals surface area contributed by atoms with Crippen LogP contribution in [0.15, 0.2) is 85.1 Å². The van der Waals surface area contributed by atoms with Crippen LogP contribution in [0.2, 0.25) is 0 Å². The Kier molecular flexibility index (Phi) is 6.84. The molecule has 5 nitrogen and oxygen atoms in total. The van der Waals surface area contributed by atoms with E-state index in [4.69, 9.17) is 4.74 Å². The van der Waals surface area contributed by atoms with Crippen molar-refractivity contribution in [1.29, 1.82) is 0 Å². The lowest BCUT2D eigenvalue weighted by atomic mass is 9.92. The second-order valence-electron chi connectivity index (χ2n) is 8.04. The fraction of sp³-hybridized carbons (Fsp3) is 0.222. The molecule has 0 spiro atoms. The van der Waals surface area contributed by atoms with Crippen molar-refractivity contribution in [2.45, 2.75) is 31.9 Å². The zero-order valence-electron chi connectivity index (χ0n) is 19.0. The van der Waals surface area contributed by atoms with E-state index in [1.54, 1.807) is 10.6 Å². The molecule has 1 aromatic heterocycles. The Hall–Kier alpha value is -3.78. The van der Waals surface area contributed by atoms with Gasteiger partial charge in [-0.2, -0.15) is 13.2 Å². The number of rotatable bonds is 8. The second-order valence-corrected chi connectivity index (χ2v) is 8.04. The van der Waals surface area contributed by atoms with Crippen molar-refractivity contribution < 1.29 is 32.5 Å². The van der Waals surface area contributed by atoms with Crippen LogP contribution in [0, 0.1) is 0 Å². The first-order valence-corrected chi connectivity index (χ1v) is 11.0. The van der Waals surface area contributed by atoms with Gasteiger partial charge in [0.25, 0.3) is 5.60 Å². The minimum atomic E-state index is -5.30. The first kappa shape index (κ1) is 24.3. The Bertz CT molecular complexity index is 1300. The number of carbonyl (C=O) groups is 1.